The molecule has 0 aliphatic rings. The van der Waals surface area contributed by atoms with Gasteiger partial charge in [-0.2, -0.15) is 11.8 Å². The Kier molecular flexibility index (Phi) is 7.35. The molecule has 0 aliphatic heterocycles. The molecule has 0 unspecified atom stereocenters. The maximum absolute atomic E-state index is 13.5. The van der Waals surface area contributed by atoms with Crippen molar-refractivity contribution in [1.29, 1.82) is 0 Å². The predicted octanol–water partition coefficient (Wildman–Crippen LogP) is 3.19. The van der Waals surface area contributed by atoms with Crippen LogP contribution in [0.1, 0.15) is 15.4 Å². The van der Waals surface area contributed by atoms with Gasteiger partial charge in [-0.15, -0.1) is 11.3 Å². The second-order valence-electron chi connectivity index (χ2n) is 4.86. The maximum Gasteiger partial charge on any atom is 0.191 e. The number of hydrogen-bond donors (Lipinski definition) is 2. The molecule has 0 amide bonds. The van der Waals surface area contributed by atoms with Gasteiger partial charge in [-0.3, -0.25) is 4.99 Å². The van der Waals surface area contributed by atoms with Crippen molar-refractivity contribution in [2.45, 2.75) is 19.2 Å². The first kappa shape index (κ1) is 17.7. The van der Waals surface area contributed by atoms with E-state index < -0.39 is 0 Å². The Hall–Kier alpha value is -1.60. The van der Waals surface area contributed by atoms with Gasteiger partial charge in [-0.05, 0) is 18.6 Å². The summed E-state index contributed by atoms with van der Waals surface area (Å²) < 4.78 is 13.5. The van der Waals surface area contributed by atoms with E-state index in [-0.39, 0.29) is 5.82 Å². The summed E-state index contributed by atoms with van der Waals surface area (Å²) in [6.45, 7) is 3.48. The summed E-state index contributed by atoms with van der Waals surface area (Å²) in [5.41, 5.74) is 0.749. The number of thiazole rings is 1. The first-order valence-corrected chi connectivity index (χ1v) is 9.33. The third kappa shape index (κ3) is 6.19. The molecule has 2 N–H and O–H groups in total. The second kappa shape index (κ2) is 9.52. The molecular formula is C16H21FN4S2. The van der Waals surface area contributed by atoms with E-state index >= 15 is 0 Å². The van der Waals surface area contributed by atoms with Gasteiger partial charge >= 0.3 is 0 Å². The monoisotopic (exact) mass is 352 g/mol. The molecule has 1 aromatic carbocycles. The van der Waals surface area contributed by atoms with Crippen LogP contribution in [-0.4, -0.2) is 30.3 Å². The van der Waals surface area contributed by atoms with E-state index in [1.54, 1.807) is 36.2 Å². The minimum absolute atomic E-state index is 0.135. The molecular weight excluding hydrogens is 331 g/mol. The summed E-state index contributed by atoms with van der Waals surface area (Å²) in [5.74, 6) is 2.18. The van der Waals surface area contributed by atoms with Crippen molar-refractivity contribution in [1.82, 2.24) is 15.6 Å². The van der Waals surface area contributed by atoms with Crippen molar-refractivity contribution in [2.24, 2.45) is 4.99 Å². The van der Waals surface area contributed by atoms with Gasteiger partial charge in [0.2, 0.25) is 0 Å². The van der Waals surface area contributed by atoms with Gasteiger partial charge in [-0.25, -0.2) is 9.37 Å². The van der Waals surface area contributed by atoms with E-state index in [2.05, 4.69) is 20.6 Å². The molecule has 0 bridgehead atoms. The van der Waals surface area contributed by atoms with Crippen molar-refractivity contribution in [2.75, 3.05) is 19.3 Å². The van der Waals surface area contributed by atoms with Crippen LogP contribution in [0.2, 0.25) is 0 Å². The van der Waals surface area contributed by atoms with Crippen molar-refractivity contribution in [3.63, 3.8) is 0 Å². The molecule has 7 heteroatoms. The zero-order valence-electron chi connectivity index (χ0n) is 13.3. The van der Waals surface area contributed by atoms with Crippen molar-refractivity contribution in [3.05, 3.63) is 51.7 Å². The van der Waals surface area contributed by atoms with Crippen LogP contribution in [0.3, 0.4) is 0 Å². The van der Waals surface area contributed by atoms with E-state index in [1.807, 2.05) is 25.3 Å². The molecule has 1 aromatic heterocycles. The van der Waals surface area contributed by atoms with Crippen LogP contribution in [0.15, 0.2) is 35.5 Å². The van der Waals surface area contributed by atoms with Gasteiger partial charge in [0.25, 0.3) is 0 Å². The van der Waals surface area contributed by atoms with E-state index in [9.17, 15) is 4.39 Å². The standard InChI is InChI=1S/C16H21FN4S2/c1-12-9-20-15(23-12)10-21-16(18-2)19-7-8-22-11-13-5-3-4-6-14(13)17/h3-6,9H,7-8,10-11H2,1-2H3,(H2,18,19,21). The Labute approximate surface area is 144 Å². The highest BCUT2D eigenvalue weighted by Crippen LogP contribution is 2.14. The summed E-state index contributed by atoms with van der Waals surface area (Å²) in [6.07, 6.45) is 1.87. The number of benzene rings is 1. The number of halogens is 1. The average Bonchev–Trinajstić information content (AvgIpc) is 2.97. The first-order valence-electron chi connectivity index (χ1n) is 7.36. The molecule has 0 radical (unpaired) electrons. The van der Waals surface area contributed by atoms with Crippen molar-refractivity contribution >= 4 is 29.1 Å². The third-order valence-electron chi connectivity index (χ3n) is 3.05. The lowest BCUT2D eigenvalue weighted by molar-refractivity contribution is 0.617. The van der Waals surface area contributed by atoms with Crippen LogP contribution >= 0.6 is 23.1 Å². The van der Waals surface area contributed by atoms with Crippen molar-refractivity contribution < 1.29 is 4.39 Å². The topological polar surface area (TPSA) is 49.3 Å². The van der Waals surface area contributed by atoms with E-state index in [0.717, 1.165) is 28.8 Å². The first-order chi connectivity index (χ1) is 11.2. The maximum atomic E-state index is 13.5. The quantitative estimate of drug-likeness (QED) is 0.456. The minimum atomic E-state index is -0.135. The van der Waals surface area contributed by atoms with Crippen LogP contribution < -0.4 is 10.6 Å². The molecule has 4 nitrogen and oxygen atoms in total. The number of guanidine groups is 1. The number of aliphatic imine (C=N–C) groups is 1. The Morgan fingerprint density at radius 3 is 2.87 bits per heavy atom. The molecule has 0 saturated heterocycles. The van der Waals surface area contributed by atoms with E-state index in [0.29, 0.717) is 12.3 Å². The Bertz CT molecular complexity index is 643. The average molecular weight is 353 g/mol. The van der Waals surface area contributed by atoms with E-state index in [1.165, 1.54) is 10.9 Å². The minimum Gasteiger partial charge on any atom is -0.356 e. The van der Waals surface area contributed by atoms with Gasteiger partial charge in [0.1, 0.15) is 10.8 Å². The molecule has 0 saturated carbocycles. The van der Waals surface area contributed by atoms with Crippen LogP contribution in [0.25, 0.3) is 0 Å². The fourth-order valence-corrected chi connectivity index (χ4v) is 3.47. The summed E-state index contributed by atoms with van der Waals surface area (Å²) in [5, 5.41) is 7.52. The molecule has 0 aliphatic carbocycles. The Balaban J connectivity index is 1.63. The molecule has 0 spiro atoms. The number of rotatable bonds is 7. The predicted molar refractivity (Wildman–Crippen MR) is 97.6 cm³/mol. The molecule has 124 valence electrons. The van der Waals surface area contributed by atoms with E-state index in [4.69, 9.17) is 0 Å². The normalized spacial score (nSPS) is 11.5. The largest absolute Gasteiger partial charge is 0.356 e. The number of hydrogen-bond acceptors (Lipinski definition) is 4. The molecule has 23 heavy (non-hydrogen) atoms. The summed E-state index contributed by atoms with van der Waals surface area (Å²) in [7, 11) is 1.74. The lowest BCUT2D eigenvalue weighted by atomic mass is 10.2. The smallest absolute Gasteiger partial charge is 0.191 e. The number of thioether (sulfide) groups is 1. The fraction of sp³-hybridized carbons (Fsp3) is 0.375. The highest BCUT2D eigenvalue weighted by atomic mass is 32.2. The van der Waals surface area contributed by atoms with Crippen LogP contribution in [0.4, 0.5) is 4.39 Å². The zero-order valence-corrected chi connectivity index (χ0v) is 14.9. The number of aryl methyl sites for hydroxylation is 1. The van der Waals surface area contributed by atoms with Gasteiger partial charge in [0.05, 0.1) is 6.54 Å². The van der Waals surface area contributed by atoms with Crippen LogP contribution in [0, 0.1) is 12.7 Å². The molecule has 0 fully saturated rings. The third-order valence-corrected chi connectivity index (χ3v) is 4.97. The van der Waals surface area contributed by atoms with Gasteiger partial charge < -0.3 is 10.6 Å². The molecule has 0 atom stereocenters. The van der Waals surface area contributed by atoms with Crippen LogP contribution in [-0.2, 0) is 12.3 Å². The Morgan fingerprint density at radius 2 is 2.17 bits per heavy atom. The van der Waals surface area contributed by atoms with Crippen molar-refractivity contribution in [3.8, 4) is 0 Å². The number of aromatic nitrogens is 1. The summed E-state index contributed by atoms with van der Waals surface area (Å²) in [4.78, 5) is 9.69. The highest BCUT2D eigenvalue weighted by Gasteiger charge is 2.02. The molecule has 2 rings (SSSR count). The lowest BCUT2D eigenvalue weighted by Crippen LogP contribution is -2.37. The van der Waals surface area contributed by atoms with Gasteiger partial charge in [-0.1, -0.05) is 18.2 Å². The SMILES string of the molecule is CN=C(NCCSCc1ccccc1F)NCc1ncc(C)s1. The number of nitrogens with one attached hydrogen (secondary N) is 2. The summed E-state index contributed by atoms with van der Waals surface area (Å²) in [6, 6.07) is 6.90. The molecule has 1 heterocycles. The number of nitrogens with zero attached hydrogens (tertiary/aromatic N) is 2. The van der Waals surface area contributed by atoms with Crippen LogP contribution in [0.5, 0.6) is 0 Å². The Morgan fingerprint density at radius 1 is 1.35 bits per heavy atom. The van der Waals surface area contributed by atoms with Gasteiger partial charge in [0.15, 0.2) is 5.96 Å². The second-order valence-corrected chi connectivity index (χ2v) is 7.29. The fourth-order valence-electron chi connectivity index (χ4n) is 1.90. The zero-order chi connectivity index (χ0) is 16.5. The molecule has 2 aromatic rings. The highest BCUT2D eigenvalue weighted by molar-refractivity contribution is 7.98. The lowest BCUT2D eigenvalue weighted by Gasteiger charge is -2.10. The summed E-state index contributed by atoms with van der Waals surface area (Å²) >= 11 is 3.37. The van der Waals surface area contributed by atoms with Gasteiger partial charge in [0, 0.05) is 36.2 Å².